The summed E-state index contributed by atoms with van der Waals surface area (Å²) in [5.74, 6) is 0.711. The number of hydrogen-bond donors (Lipinski definition) is 0. The summed E-state index contributed by atoms with van der Waals surface area (Å²) < 4.78 is 5.11. The van der Waals surface area contributed by atoms with Gasteiger partial charge in [-0.15, -0.1) is 0 Å². The first kappa shape index (κ1) is 17.7. The fraction of sp³-hybridized carbons (Fsp3) is 0.409. The van der Waals surface area contributed by atoms with E-state index in [4.69, 9.17) is 4.74 Å². The third-order valence-electron chi connectivity index (χ3n) is 5.19. The highest BCUT2D eigenvalue weighted by molar-refractivity contribution is 5.77. The van der Waals surface area contributed by atoms with Gasteiger partial charge in [0.25, 0.3) is 0 Å². The van der Waals surface area contributed by atoms with Gasteiger partial charge < -0.3 is 9.64 Å². The van der Waals surface area contributed by atoms with Crippen LogP contribution in [0, 0.1) is 0 Å². The Morgan fingerprint density at radius 2 is 1.56 bits per heavy atom. The number of hydrogen-bond acceptors (Lipinski definition) is 2. The predicted octanol–water partition coefficient (Wildman–Crippen LogP) is 4.39. The lowest BCUT2D eigenvalue weighted by atomic mass is 9.81. The summed E-state index contributed by atoms with van der Waals surface area (Å²) in [5, 5.41) is 0. The maximum absolute atomic E-state index is 12.6. The van der Waals surface area contributed by atoms with Gasteiger partial charge in [0.2, 0.25) is 5.91 Å². The van der Waals surface area contributed by atoms with Crippen molar-refractivity contribution >= 4 is 5.91 Å². The molecule has 0 spiro atoms. The van der Waals surface area contributed by atoms with E-state index in [0.29, 0.717) is 18.5 Å². The maximum Gasteiger partial charge on any atom is 0.249 e. The van der Waals surface area contributed by atoms with Gasteiger partial charge in [-0.1, -0.05) is 60.7 Å². The van der Waals surface area contributed by atoms with Crippen LogP contribution in [-0.2, 0) is 16.1 Å². The fourth-order valence-corrected chi connectivity index (χ4v) is 3.85. The second kappa shape index (κ2) is 8.82. The minimum Gasteiger partial charge on any atom is -0.375 e. The number of rotatable bonds is 6. The molecular weight excluding hydrogens is 310 g/mol. The van der Waals surface area contributed by atoms with E-state index in [1.807, 2.05) is 23.1 Å². The van der Waals surface area contributed by atoms with E-state index in [2.05, 4.69) is 42.5 Å². The molecule has 0 unspecified atom stereocenters. The first-order valence-electron chi connectivity index (χ1n) is 9.15. The van der Waals surface area contributed by atoms with Gasteiger partial charge in [0.1, 0.15) is 6.61 Å². The van der Waals surface area contributed by atoms with E-state index in [1.165, 1.54) is 11.1 Å². The average Bonchev–Trinajstić information content (AvgIpc) is 2.68. The Bertz CT molecular complexity index is 648. The van der Waals surface area contributed by atoms with Crippen LogP contribution in [0.25, 0.3) is 0 Å². The molecule has 1 fully saturated rings. The number of carbonyl (C=O) groups is 1. The van der Waals surface area contributed by atoms with E-state index >= 15 is 0 Å². The Kier molecular flexibility index (Phi) is 6.24. The van der Waals surface area contributed by atoms with E-state index in [9.17, 15) is 4.79 Å². The zero-order chi connectivity index (χ0) is 17.5. The molecule has 3 rings (SSSR count). The van der Waals surface area contributed by atoms with Crippen molar-refractivity contribution in [2.75, 3.05) is 13.7 Å². The number of benzene rings is 2. The molecule has 2 aromatic carbocycles. The van der Waals surface area contributed by atoms with Crippen LogP contribution >= 0.6 is 0 Å². The zero-order valence-corrected chi connectivity index (χ0v) is 14.9. The monoisotopic (exact) mass is 337 g/mol. The molecule has 2 aromatic rings. The van der Waals surface area contributed by atoms with Crippen LogP contribution in [0.15, 0.2) is 60.7 Å². The number of nitrogens with zero attached hydrogens (tertiary/aromatic N) is 1. The molecule has 3 heteroatoms. The third-order valence-corrected chi connectivity index (χ3v) is 5.19. The van der Waals surface area contributed by atoms with Gasteiger partial charge in [0, 0.05) is 19.7 Å². The summed E-state index contributed by atoms with van der Waals surface area (Å²) in [6.45, 7) is 0.829. The standard InChI is InChI=1S/C22H27NO2/c1-25-17-22(24)23(16-18-8-4-2-5-9-18)21-14-12-20(13-15-21)19-10-6-3-7-11-19/h2-11,20-21H,12-17H2,1H3. The first-order valence-corrected chi connectivity index (χ1v) is 9.15. The van der Waals surface area contributed by atoms with Crippen molar-refractivity contribution in [2.24, 2.45) is 0 Å². The van der Waals surface area contributed by atoms with Crippen LogP contribution in [0.3, 0.4) is 0 Å². The van der Waals surface area contributed by atoms with Gasteiger partial charge in [-0.3, -0.25) is 4.79 Å². The van der Waals surface area contributed by atoms with Crippen LogP contribution in [-0.4, -0.2) is 30.6 Å². The molecule has 1 aliphatic carbocycles. The molecule has 0 N–H and O–H groups in total. The van der Waals surface area contributed by atoms with Crippen molar-refractivity contribution in [1.29, 1.82) is 0 Å². The van der Waals surface area contributed by atoms with E-state index in [1.54, 1.807) is 7.11 Å². The number of ether oxygens (including phenoxy) is 1. The smallest absolute Gasteiger partial charge is 0.249 e. The van der Waals surface area contributed by atoms with Gasteiger partial charge >= 0.3 is 0 Å². The van der Waals surface area contributed by atoms with Crippen molar-refractivity contribution in [1.82, 2.24) is 4.90 Å². The molecule has 132 valence electrons. The predicted molar refractivity (Wildman–Crippen MR) is 100 cm³/mol. The SMILES string of the molecule is COCC(=O)N(Cc1ccccc1)C1CCC(c2ccccc2)CC1. The largest absolute Gasteiger partial charge is 0.375 e. The summed E-state index contributed by atoms with van der Waals surface area (Å²) in [4.78, 5) is 14.6. The lowest BCUT2D eigenvalue weighted by Crippen LogP contribution is -2.43. The van der Waals surface area contributed by atoms with E-state index < -0.39 is 0 Å². The van der Waals surface area contributed by atoms with Gasteiger partial charge in [0.05, 0.1) is 0 Å². The van der Waals surface area contributed by atoms with Crippen LogP contribution < -0.4 is 0 Å². The first-order chi connectivity index (χ1) is 12.3. The molecular formula is C22H27NO2. The molecule has 0 bridgehead atoms. The minimum atomic E-state index is 0.0921. The molecule has 0 radical (unpaired) electrons. The van der Waals surface area contributed by atoms with E-state index in [-0.39, 0.29) is 12.5 Å². The van der Waals surface area contributed by atoms with Gasteiger partial charge in [-0.05, 0) is 42.7 Å². The summed E-state index contributed by atoms with van der Waals surface area (Å²) in [5.41, 5.74) is 2.61. The topological polar surface area (TPSA) is 29.5 Å². The fourth-order valence-electron chi connectivity index (χ4n) is 3.85. The number of methoxy groups -OCH3 is 1. The number of carbonyl (C=O) groups excluding carboxylic acids is 1. The summed E-state index contributed by atoms with van der Waals surface area (Å²) in [7, 11) is 1.59. The van der Waals surface area contributed by atoms with Gasteiger partial charge in [-0.25, -0.2) is 0 Å². The third kappa shape index (κ3) is 4.70. The van der Waals surface area contributed by atoms with Crippen LogP contribution in [0.2, 0.25) is 0 Å². The van der Waals surface area contributed by atoms with Crippen LogP contribution in [0.4, 0.5) is 0 Å². The highest BCUT2D eigenvalue weighted by atomic mass is 16.5. The molecule has 0 aliphatic heterocycles. The Morgan fingerprint density at radius 1 is 0.960 bits per heavy atom. The van der Waals surface area contributed by atoms with Crippen molar-refractivity contribution in [2.45, 2.75) is 44.2 Å². The lowest BCUT2D eigenvalue weighted by molar-refractivity contribution is -0.139. The molecule has 1 amide bonds. The molecule has 25 heavy (non-hydrogen) atoms. The molecule has 0 heterocycles. The lowest BCUT2D eigenvalue weighted by Gasteiger charge is -2.37. The zero-order valence-electron chi connectivity index (χ0n) is 14.9. The van der Waals surface area contributed by atoms with Crippen molar-refractivity contribution in [3.63, 3.8) is 0 Å². The number of amides is 1. The molecule has 0 aromatic heterocycles. The van der Waals surface area contributed by atoms with Crippen LogP contribution in [0.1, 0.15) is 42.7 Å². The maximum atomic E-state index is 12.6. The van der Waals surface area contributed by atoms with Crippen molar-refractivity contribution in [3.05, 3.63) is 71.8 Å². The quantitative estimate of drug-likeness (QED) is 0.782. The van der Waals surface area contributed by atoms with Crippen LogP contribution in [0.5, 0.6) is 0 Å². The Morgan fingerprint density at radius 3 is 2.16 bits per heavy atom. The van der Waals surface area contributed by atoms with Gasteiger partial charge in [-0.2, -0.15) is 0 Å². The molecule has 0 saturated heterocycles. The minimum absolute atomic E-state index is 0.0921. The highest BCUT2D eigenvalue weighted by Gasteiger charge is 2.29. The summed E-state index contributed by atoms with van der Waals surface area (Å²) in [6.07, 6.45) is 4.39. The molecule has 1 aliphatic rings. The molecule has 3 nitrogen and oxygen atoms in total. The summed E-state index contributed by atoms with van der Waals surface area (Å²) >= 11 is 0. The van der Waals surface area contributed by atoms with Gasteiger partial charge in [0.15, 0.2) is 0 Å². The molecule has 1 saturated carbocycles. The normalized spacial score (nSPS) is 20.2. The Balaban J connectivity index is 1.66. The average molecular weight is 337 g/mol. The Labute approximate surface area is 150 Å². The van der Waals surface area contributed by atoms with Crippen molar-refractivity contribution in [3.8, 4) is 0 Å². The highest BCUT2D eigenvalue weighted by Crippen LogP contribution is 2.35. The summed E-state index contributed by atoms with van der Waals surface area (Å²) in [6, 6.07) is 21.3. The van der Waals surface area contributed by atoms with Crippen molar-refractivity contribution < 1.29 is 9.53 Å². The second-order valence-electron chi connectivity index (χ2n) is 6.86. The molecule has 0 atom stereocenters. The Hall–Kier alpha value is -2.13. The van der Waals surface area contributed by atoms with E-state index in [0.717, 1.165) is 25.7 Å². The second-order valence-corrected chi connectivity index (χ2v) is 6.86.